The highest BCUT2D eigenvalue weighted by atomic mass is 16.5. The molecule has 1 aromatic rings. The van der Waals surface area contributed by atoms with E-state index >= 15 is 0 Å². The fourth-order valence-electron chi connectivity index (χ4n) is 1.53. The minimum Gasteiger partial charge on any atom is -0.493 e. The number of rotatable bonds is 6. The van der Waals surface area contributed by atoms with E-state index in [1.54, 1.807) is 33.5 Å². The highest BCUT2D eigenvalue weighted by Gasteiger charge is 2.11. The van der Waals surface area contributed by atoms with Gasteiger partial charge in [0.05, 0.1) is 20.8 Å². The van der Waals surface area contributed by atoms with Crippen LogP contribution in [0.25, 0.3) is 0 Å². The van der Waals surface area contributed by atoms with E-state index in [0.29, 0.717) is 30.1 Å². The molecule has 0 unspecified atom stereocenters. The van der Waals surface area contributed by atoms with E-state index in [2.05, 4.69) is 0 Å². The average Bonchev–Trinajstić information content (AvgIpc) is 2.34. The van der Waals surface area contributed by atoms with Crippen molar-refractivity contribution >= 4 is 6.29 Å². The molecule has 0 heterocycles. The lowest BCUT2D eigenvalue weighted by atomic mass is 10.1. The second-order valence-electron chi connectivity index (χ2n) is 3.28. The van der Waals surface area contributed by atoms with E-state index in [-0.39, 0.29) is 0 Å². The summed E-state index contributed by atoms with van der Waals surface area (Å²) in [6.45, 7) is 0.571. The van der Waals surface area contributed by atoms with Crippen molar-refractivity contribution in [2.75, 3.05) is 27.9 Å². The Balaban J connectivity index is 3.14. The molecule has 4 heteroatoms. The molecule has 0 amide bonds. The normalized spacial score (nSPS) is 9.94. The first-order valence-electron chi connectivity index (χ1n) is 4.95. The van der Waals surface area contributed by atoms with Gasteiger partial charge in [0, 0.05) is 18.2 Å². The fourth-order valence-corrected chi connectivity index (χ4v) is 1.53. The van der Waals surface area contributed by atoms with E-state index in [4.69, 9.17) is 14.2 Å². The largest absolute Gasteiger partial charge is 0.493 e. The fraction of sp³-hybridized carbons (Fsp3) is 0.417. The number of hydrogen-bond acceptors (Lipinski definition) is 4. The third kappa shape index (κ3) is 2.73. The summed E-state index contributed by atoms with van der Waals surface area (Å²) in [5.74, 6) is 1.23. The van der Waals surface area contributed by atoms with Crippen LogP contribution >= 0.6 is 0 Å². The van der Waals surface area contributed by atoms with Crippen molar-refractivity contribution in [1.29, 1.82) is 0 Å². The Morgan fingerprint density at radius 1 is 1.19 bits per heavy atom. The van der Waals surface area contributed by atoms with Gasteiger partial charge < -0.3 is 14.2 Å². The smallest absolute Gasteiger partial charge is 0.164 e. The summed E-state index contributed by atoms with van der Waals surface area (Å²) in [7, 11) is 4.76. The Kier molecular flexibility index (Phi) is 4.79. The van der Waals surface area contributed by atoms with Crippen LogP contribution in [-0.2, 0) is 11.2 Å². The Labute approximate surface area is 95.1 Å². The van der Waals surface area contributed by atoms with Crippen LogP contribution in [0.2, 0.25) is 0 Å². The Morgan fingerprint density at radius 3 is 2.44 bits per heavy atom. The third-order valence-electron chi connectivity index (χ3n) is 2.29. The molecule has 0 bridgehead atoms. The molecule has 1 rings (SSSR count). The second kappa shape index (κ2) is 6.12. The third-order valence-corrected chi connectivity index (χ3v) is 2.29. The van der Waals surface area contributed by atoms with Crippen molar-refractivity contribution < 1.29 is 19.0 Å². The molecule has 0 radical (unpaired) electrons. The standard InChI is InChI=1S/C12H16O4/c1-14-5-4-10-6-9(8-13)7-11(15-2)12(10)16-3/h6-8H,4-5H2,1-3H3. The van der Waals surface area contributed by atoms with Crippen LogP contribution in [0.15, 0.2) is 12.1 Å². The maximum Gasteiger partial charge on any atom is 0.164 e. The molecule has 0 spiro atoms. The first kappa shape index (κ1) is 12.5. The van der Waals surface area contributed by atoms with Gasteiger partial charge in [0.25, 0.3) is 0 Å². The first-order chi connectivity index (χ1) is 7.76. The number of carbonyl (C=O) groups is 1. The maximum absolute atomic E-state index is 10.8. The van der Waals surface area contributed by atoms with Gasteiger partial charge in [-0.15, -0.1) is 0 Å². The predicted octanol–water partition coefficient (Wildman–Crippen LogP) is 1.71. The summed E-state index contributed by atoms with van der Waals surface area (Å²) < 4.78 is 15.4. The average molecular weight is 224 g/mol. The van der Waals surface area contributed by atoms with Crippen molar-refractivity contribution in [2.24, 2.45) is 0 Å². The van der Waals surface area contributed by atoms with E-state index < -0.39 is 0 Å². The lowest BCUT2D eigenvalue weighted by Gasteiger charge is -2.13. The summed E-state index contributed by atoms with van der Waals surface area (Å²) in [4.78, 5) is 10.8. The lowest BCUT2D eigenvalue weighted by molar-refractivity contribution is 0.112. The molecule has 16 heavy (non-hydrogen) atoms. The molecular weight excluding hydrogens is 208 g/mol. The van der Waals surface area contributed by atoms with Crippen LogP contribution in [0.5, 0.6) is 11.5 Å². The molecule has 0 saturated carbocycles. The Bertz CT molecular complexity index is 360. The highest BCUT2D eigenvalue weighted by Crippen LogP contribution is 2.32. The summed E-state index contributed by atoms with van der Waals surface area (Å²) in [6, 6.07) is 3.44. The SMILES string of the molecule is COCCc1cc(C=O)cc(OC)c1OC. The summed E-state index contributed by atoms with van der Waals surface area (Å²) in [6.07, 6.45) is 1.47. The van der Waals surface area contributed by atoms with Gasteiger partial charge in [0.2, 0.25) is 0 Å². The van der Waals surface area contributed by atoms with Crippen molar-refractivity contribution in [3.63, 3.8) is 0 Å². The van der Waals surface area contributed by atoms with E-state index in [1.807, 2.05) is 0 Å². The topological polar surface area (TPSA) is 44.8 Å². The number of carbonyl (C=O) groups excluding carboxylic acids is 1. The van der Waals surface area contributed by atoms with Gasteiger partial charge in [-0.25, -0.2) is 0 Å². The van der Waals surface area contributed by atoms with Crippen molar-refractivity contribution in [1.82, 2.24) is 0 Å². The molecule has 0 aliphatic heterocycles. The molecule has 0 saturated heterocycles. The maximum atomic E-state index is 10.8. The van der Waals surface area contributed by atoms with Gasteiger partial charge in [-0.1, -0.05) is 0 Å². The predicted molar refractivity (Wildman–Crippen MR) is 60.5 cm³/mol. The molecule has 0 aliphatic rings. The van der Waals surface area contributed by atoms with Crippen LogP contribution in [0.3, 0.4) is 0 Å². The second-order valence-corrected chi connectivity index (χ2v) is 3.28. The van der Waals surface area contributed by atoms with E-state index in [0.717, 1.165) is 11.8 Å². The molecule has 1 aromatic carbocycles. The molecule has 0 fully saturated rings. The van der Waals surface area contributed by atoms with Gasteiger partial charge in [0.1, 0.15) is 6.29 Å². The summed E-state index contributed by atoms with van der Waals surface area (Å²) >= 11 is 0. The van der Waals surface area contributed by atoms with E-state index in [9.17, 15) is 4.79 Å². The van der Waals surface area contributed by atoms with E-state index in [1.165, 1.54) is 0 Å². The zero-order valence-electron chi connectivity index (χ0n) is 9.78. The van der Waals surface area contributed by atoms with Crippen molar-refractivity contribution in [3.05, 3.63) is 23.3 Å². The first-order valence-corrected chi connectivity index (χ1v) is 4.95. The van der Waals surface area contributed by atoms with Gasteiger partial charge in [-0.3, -0.25) is 4.79 Å². The van der Waals surface area contributed by atoms with Gasteiger partial charge in [-0.2, -0.15) is 0 Å². The highest BCUT2D eigenvalue weighted by molar-refractivity contribution is 5.77. The molecular formula is C12H16O4. The lowest BCUT2D eigenvalue weighted by Crippen LogP contribution is -2.01. The zero-order chi connectivity index (χ0) is 12.0. The van der Waals surface area contributed by atoms with Crippen LogP contribution in [-0.4, -0.2) is 34.2 Å². The van der Waals surface area contributed by atoms with Gasteiger partial charge in [0.15, 0.2) is 11.5 Å². The molecule has 88 valence electrons. The van der Waals surface area contributed by atoms with Crippen molar-refractivity contribution in [3.8, 4) is 11.5 Å². The molecule has 0 N–H and O–H groups in total. The molecule has 0 aliphatic carbocycles. The quantitative estimate of drug-likeness (QED) is 0.690. The minimum absolute atomic E-state index is 0.568. The Hall–Kier alpha value is -1.55. The van der Waals surface area contributed by atoms with Crippen LogP contribution in [0, 0.1) is 0 Å². The van der Waals surface area contributed by atoms with Gasteiger partial charge in [-0.05, 0) is 18.6 Å². The van der Waals surface area contributed by atoms with Gasteiger partial charge >= 0.3 is 0 Å². The monoisotopic (exact) mass is 224 g/mol. The molecule has 0 aromatic heterocycles. The summed E-state index contributed by atoms with van der Waals surface area (Å²) in [5, 5.41) is 0. The number of aldehydes is 1. The number of hydrogen-bond donors (Lipinski definition) is 0. The zero-order valence-corrected chi connectivity index (χ0v) is 9.78. The number of methoxy groups -OCH3 is 3. The van der Waals surface area contributed by atoms with Crippen LogP contribution < -0.4 is 9.47 Å². The minimum atomic E-state index is 0.568. The van der Waals surface area contributed by atoms with Crippen molar-refractivity contribution in [2.45, 2.75) is 6.42 Å². The van der Waals surface area contributed by atoms with Crippen LogP contribution in [0.1, 0.15) is 15.9 Å². The number of benzene rings is 1. The van der Waals surface area contributed by atoms with Crippen LogP contribution in [0.4, 0.5) is 0 Å². The Morgan fingerprint density at radius 2 is 1.94 bits per heavy atom. The molecule has 4 nitrogen and oxygen atoms in total. The number of ether oxygens (including phenoxy) is 3. The summed E-state index contributed by atoms with van der Waals surface area (Å²) in [5.41, 5.74) is 1.48. The molecule has 0 atom stereocenters.